The molecule has 0 fully saturated rings. The lowest BCUT2D eigenvalue weighted by molar-refractivity contribution is -0.126. The van der Waals surface area contributed by atoms with E-state index in [9.17, 15) is 4.79 Å². The summed E-state index contributed by atoms with van der Waals surface area (Å²) in [5.41, 5.74) is 0. The quantitative estimate of drug-likeness (QED) is 0.641. The van der Waals surface area contributed by atoms with Crippen LogP contribution in [0.3, 0.4) is 0 Å². The van der Waals surface area contributed by atoms with E-state index in [2.05, 4.69) is 26.1 Å². The van der Waals surface area contributed by atoms with Crippen molar-refractivity contribution in [2.45, 2.75) is 46.6 Å². The Morgan fingerprint density at radius 2 is 1.94 bits per heavy atom. The number of hydrogen-bond acceptors (Lipinski definition) is 3. The average molecular weight is 244 g/mol. The largest absolute Gasteiger partial charge is 0.395 e. The first-order chi connectivity index (χ1) is 8.02. The average Bonchev–Trinajstić information content (AvgIpc) is 2.27. The van der Waals surface area contributed by atoms with Crippen molar-refractivity contribution in [3.05, 3.63) is 0 Å². The first-order valence-electron chi connectivity index (χ1n) is 6.65. The second-order valence-electron chi connectivity index (χ2n) is 4.91. The molecule has 1 amide bonds. The molecule has 2 N–H and O–H groups in total. The summed E-state index contributed by atoms with van der Waals surface area (Å²) < 4.78 is 0. The van der Waals surface area contributed by atoms with Crippen LogP contribution in [0.4, 0.5) is 0 Å². The summed E-state index contributed by atoms with van der Waals surface area (Å²) in [4.78, 5) is 13.9. The highest BCUT2D eigenvalue weighted by Crippen LogP contribution is 2.01. The first kappa shape index (κ1) is 16.4. The predicted molar refractivity (Wildman–Crippen MR) is 70.9 cm³/mol. The lowest BCUT2D eigenvalue weighted by Crippen LogP contribution is -2.46. The van der Waals surface area contributed by atoms with E-state index in [0.717, 1.165) is 25.9 Å². The molecular weight excluding hydrogens is 216 g/mol. The molecule has 0 aromatic carbocycles. The molecule has 0 aliphatic rings. The third-order valence-electron chi connectivity index (χ3n) is 2.85. The van der Waals surface area contributed by atoms with Gasteiger partial charge in [0.05, 0.1) is 12.6 Å². The van der Waals surface area contributed by atoms with Gasteiger partial charge in [-0.25, -0.2) is 0 Å². The van der Waals surface area contributed by atoms with Crippen LogP contribution in [0, 0.1) is 5.92 Å². The molecule has 0 spiro atoms. The number of nitrogens with zero attached hydrogens (tertiary/aromatic N) is 1. The molecule has 102 valence electrons. The number of rotatable bonds is 9. The number of nitrogens with one attached hydrogen (secondary N) is 1. The highest BCUT2D eigenvalue weighted by Gasteiger charge is 2.19. The maximum absolute atomic E-state index is 11.9. The van der Waals surface area contributed by atoms with Crippen LogP contribution in [0.1, 0.15) is 40.5 Å². The fourth-order valence-electron chi connectivity index (χ4n) is 1.71. The zero-order valence-corrected chi connectivity index (χ0v) is 11.7. The van der Waals surface area contributed by atoms with E-state index in [1.807, 2.05) is 11.8 Å². The fraction of sp³-hybridized carbons (Fsp3) is 0.923. The van der Waals surface area contributed by atoms with Gasteiger partial charge in [0.2, 0.25) is 5.91 Å². The number of amides is 1. The van der Waals surface area contributed by atoms with Crippen LogP contribution in [0.2, 0.25) is 0 Å². The van der Waals surface area contributed by atoms with Crippen LogP contribution in [0.15, 0.2) is 0 Å². The van der Waals surface area contributed by atoms with Crippen molar-refractivity contribution < 1.29 is 9.90 Å². The molecule has 4 nitrogen and oxygen atoms in total. The number of hydrogen-bond donors (Lipinski definition) is 2. The van der Waals surface area contributed by atoms with Crippen LogP contribution in [0.25, 0.3) is 0 Å². The lowest BCUT2D eigenvalue weighted by atomic mass is 10.1. The van der Waals surface area contributed by atoms with Gasteiger partial charge < -0.3 is 10.4 Å². The van der Waals surface area contributed by atoms with Gasteiger partial charge in [0, 0.05) is 13.1 Å². The summed E-state index contributed by atoms with van der Waals surface area (Å²) in [6, 6.07) is -0.158. The van der Waals surface area contributed by atoms with Gasteiger partial charge in [-0.05, 0) is 32.2 Å². The molecule has 0 saturated carbocycles. The molecule has 0 aromatic heterocycles. The lowest BCUT2D eigenvalue weighted by Gasteiger charge is -2.27. The standard InChI is InChI=1S/C13H28N2O2/c1-5-8-15(9-10-16)12(4)13(17)14-7-6-11(2)3/h11-12,16H,5-10H2,1-4H3,(H,14,17). The fourth-order valence-corrected chi connectivity index (χ4v) is 1.71. The van der Waals surface area contributed by atoms with Gasteiger partial charge in [0.15, 0.2) is 0 Å². The SMILES string of the molecule is CCCN(CCO)C(C)C(=O)NCCC(C)C. The maximum Gasteiger partial charge on any atom is 0.237 e. The van der Waals surface area contributed by atoms with E-state index < -0.39 is 0 Å². The molecule has 0 bridgehead atoms. The number of carbonyl (C=O) groups is 1. The minimum absolute atomic E-state index is 0.0625. The Labute approximate surface area is 105 Å². The van der Waals surface area contributed by atoms with E-state index in [1.54, 1.807) is 0 Å². The molecule has 0 aromatic rings. The summed E-state index contributed by atoms with van der Waals surface area (Å²) in [6.07, 6.45) is 2.00. The Morgan fingerprint density at radius 3 is 2.41 bits per heavy atom. The Hall–Kier alpha value is -0.610. The second-order valence-corrected chi connectivity index (χ2v) is 4.91. The first-order valence-corrected chi connectivity index (χ1v) is 6.65. The van der Waals surface area contributed by atoms with Crippen LogP contribution >= 0.6 is 0 Å². The van der Waals surface area contributed by atoms with E-state index in [-0.39, 0.29) is 18.6 Å². The summed E-state index contributed by atoms with van der Waals surface area (Å²) in [7, 11) is 0. The number of aliphatic hydroxyl groups excluding tert-OH is 1. The summed E-state index contributed by atoms with van der Waals surface area (Å²) in [5, 5.41) is 11.9. The zero-order chi connectivity index (χ0) is 13.3. The van der Waals surface area contributed by atoms with E-state index in [4.69, 9.17) is 5.11 Å². The van der Waals surface area contributed by atoms with Crippen LogP contribution in [-0.2, 0) is 4.79 Å². The summed E-state index contributed by atoms with van der Waals surface area (Å²) in [5.74, 6) is 0.669. The molecule has 1 atom stereocenters. The normalized spacial score (nSPS) is 13.1. The van der Waals surface area contributed by atoms with E-state index in [1.165, 1.54) is 0 Å². The third kappa shape index (κ3) is 7.34. The van der Waals surface area contributed by atoms with Crippen LogP contribution in [0.5, 0.6) is 0 Å². The molecular formula is C13H28N2O2. The van der Waals surface area contributed by atoms with Crippen molar-refractivity contribution in [3.8, 4) is 0 Å². The second kappa shape index (κ2) is 9.42. The van der Waals surface area contributed by atoms with Crippen molar-refractivity contribution in [1.82, 2.24) is 10.2 Å². The molecule has 0 heterocycles. The Balaban J connectivity index is 4.05. The van der Waals surface area contributed by atoms with Gasteiger partial charge in [-0.3, -0.25) is 9.69 Å². The Morgan fingerprint density at radius 1 is 1.29 bits per heavy atom. The van der Waals surface area contributed by atoms with Crippen molar-refractivity contribution in [3.63, 3.8) is 0 Å². The molecule has 4 heteroatoms. The maximum atomic E-state index is 11.9. The van der Waals surface area contributed by atoms with Crippen molar-refractivity contribution in [1.29, 1.82) is 0 Å². The van der Waals surface area contributed by atoms with Gasteiger partial charge in [-0.1, -0.05) is 20.8 Å². The minimum Gasteiger partial charge on any atom is -0.395 e. The zero-order valence-electron chi connectivity index (χ0n) is 11.7. The van der Waals surface area contributed by atoms with Gasteiger partial charge >= 0.3 is 0 Å². The van der Waals surface area contributed by atoms with Gasteiger partial charge in [-0.15, -0.1) is 0 Å². The summed E-state index contributed by atoms with van der Waals surface area (Å²) >= 11 is 0. The number of aliphatic hydroxyl groups is 1. The highest BCUT2D eigenvalue weighted by molar-refractivity contribution is 5.81. The molecule has 0 radical (unpaired) electrons. The molecule has 1 unspecified atom stereocenters. The Kier molecular flexibility index (Phi) is 9.09. The van der Waals surface area contributed by atoms with E-state index in [0.29, 0.717) is 12.5 Å². The third-order valence-corrected chi connectivity index (χ3v) is 2.85. The smallest absolute Gasteiger partial charge is 0.237 e. The minimum atomic E-state index is -0.158. The van der Waals surface area contributed by atoms with Gasteiger partial charge in [-0.2, -0.15) is 0 Å². The monoisotopic (exact) mass is 244 g/mol. The summed E-state index contributed by atoms with van der Waals surface area (Å²) in [6.45, 7) is 10.5. The molecule has 17 heavy (non-hydrogen) atoms. The molecule has 0 rings (SSSR count). The van der Waals surface area contributed by atoms with E-state index >= 15 is 0 Å². The van der Waals surface area contributed by atoms with Crippen LogP contribution < -0.4 is 5.32 Å². The van der Waals surface area contributed by atoms with Crippen molar-refractivity contribution >= 4 is 5.91 Å². The molecule has 0 aliphatic heterocycles. The number of carbonyl (C=O) groups excluding carboxylic acids is 1. The van der Waals surface area contributed by atoms with Gasteiger partial charge in [0.25, 0.3) is 0 Å². The topological polar surface area (TPSA) is 52.6 Å². The molecule has 0 aliphatic carbocycles. The predicted octanol–water partition coefficient (Wildman–Crippen LogP) is 1.24. The highest BCUT2D eigenvalue weighted by atomic mass is 16.3. The van der Waals surface area contributed by atoms with Gasteiger partial charge in [0.1, 0.15) is 0 Å². The molecule has 0 saturated heterocycles. The van der Waals surface area contributed by atoms with Crippen molar-refractivity contribution in [2.24, 2.45) is 5.92 Å². The Bertz CT molecular complexity index is 202. The van der Waals surface area contributed by atoms with Crippen molar-refractivity contribution in [2.75, 3.05) is 26.2 Å². The van der Waals surface area contributed by atoms with Crippen LogP contribution in [-0.4, -0.2) is 48.2 Å².